The Morgan fingerprint density at radius 2 is 1.77 bits per heavy atom. The van der Waals surface area contributed by atoms with Crippen LogP contribution in [0.1, 0.15) is 46.4 Å². The maximum Gasteiger partial charge on any atom is 0.255 e. The summed E-state index contributed by atoms with van der Waals surface area (Å²) in [7, 11) is 0. The highest BCUT2D eigenvalue weighted by Crippen LogP contribution is 2.29. The van der Waals surface area contributed by atoms with E-state index in [1.807, 2.05) is 0 Å². The minimum absolute atomic E-state index is 0. The van der Waals surface area contributed by atoms with E-state index < -0.39 is 0 Å². The van der Waals surface area contributed by atoms with Crippen molar-refractivity contribution in [2.75, 3.05) is 11.9 Å². The minimum atomic E-state index is -0.310. The summed E-state index contributed by atoms with van der Waals surface area (Å²) >= 11 is 0. The third kappa shape index (κ3) is 4.92. The molecule has 0 spiro atoms. The Morgan fingerprint density at radius 3 is 2.50 bits per heavy atom. The third-order valence-electron chi connectivity index (χ3n) is 5.40. The molecule has 4 rings (SSSR count). The van der Waals surface area contributed by atoms with Crippen molar-refractivity contribution in [2.24, 2.45) is 5.73 Å². The maximum atomic E-state index is 12.7. The number of halogens is 2. The van der Waals surface area contributed by atoms with Crippen LogP contribution in [-0.4, -0.2) is 33.9 Å². The lowest BCUT2D eigenvalue weighted by Gasteiger charge is -2.28. The highest BCUT2D eigenvalue weighted by molar-refractivity contribution is 6.06. The fraction of sp³-hybridized carbons (Fsp3) is 0.286. The smallest absolute Gasteiger partial charge is 0.255 e. The van der Waals surface area contributed by atoms with Gasteiger partial charge in [-0.2, -0.15) is 0 Å². The van der Waals surface area contributed by atoms with E-state index in [-0.39, 0.29) is 42.2 Å². The van der Waals surface area contributed by atoms with Crippen LogP contribution in [0, 0.1) is 0 Å². The molecule has 160 valence electrons. The molecule has 1 fully saturated rings. The van der Waals surface area contributed by atoms with E-state index in [4.69, 9.17) is 5.73 Å². The Hall–Kier alpha value is -2.61. The number of aromatic amines is 1. The fourth-order valence-corrected chi connectivity index (χ4v) is 3.76. The van der Waals surface area contributed by atoms with Crippen molar-refractivity contribution in [3.8, 4) is 0 Å². The van der Waals surface area contributed by atoms with Gasteiger partial charge in [-0.3, -0.25) is 9.59 Å². The summed E-state index contributed by atoms with van der Waals surface area (Å²) in [4.78, 5) is 32.4. The number of H-pyrrole nitrogens is 1. The van der Waals surface area contributed by atoms with Gasteiger partial charge in [-0.1, -0.05) is 18.9 Å². The molecule has 1 heterocycles. The zero-order valence-corrected chi connectivity index (χ0v) is 17.9. The van der Waals surface area contributed by atoms with Crippen LogP contribution in [-0.2, 0) is 0 Å². The number of amides is 2. The molecule has 30 heavy (non-hydrogen) atoms. The molecule has 1 saturated carbocycles. The van der Waals surface area contributed by atoms with Gasteiger partial charge in [0.1, 0.15) is 0 Å². The van der Waals surface area contributed by atoms with Crippen LogP contribution in [0.4, 0.5) is 5.69 Å². The molecule has 9 heteroatoms. The Balaban J connectivity index is 0.00000160. The zero-order valence-electron chi connectivity index (χ0n) is 16.3. The van der Waals surface area contributed by atoms with E-state index in [0.29, 0.717) is 23.4 Å². The van der Waals surface area contributed by atoms with Crippen molar-refractivity contribution >= 4 is 53.3 Å². The number of benzene rings is 2. The van der Waals surface area contributed by atoms with Crippen LogP contribution in [0.2, 0.25) is 0 Å². The summed E-state index contributed by atoms with van der Waals surface area (Å²) in [6.45, 7) is 0.436. The van der Waals surface area contributed by atoms with Crippen molar-refractivity contribution in [2.45, 2.75) is 31.2 Å². The van der Waals surface area contributed by atoms with Gasteiger partial charge in [-0.15, -0.1) is 24.8 Å². The van der Waals surface area contributed by atoms with Gasteiger partial charge in [0.2, 0.25) is 0 Å². The van der Waals surface area contributed by atoms with E-state index in [2.05, 4.69) is 20.6 Å². The van der Waals surface area contributed by atoms with Crippen molar-refractivity contribution in [3.05, 3.63) is 59.9 Å². The lowest BCUT2D eigenvalue weighted by atomic mass is 9.97. The number of hydrogen-bond acceptors (Lipinski definition) is 4. The largest absolute Gasteiger partial charge is 0.345 e. The quantitative estimate of drug-likeness (QED) is 0.475. The first-order valence-corrected chi connectivity index (χ1v) is 9.46. The second-order valence-corrected chi connectivity index (χ2v) is 7.32. The van der Waals surface area contributed by atoms with E-state index in [1.54, 1.807) is 48.8 Å². The molecule has 1 aromatic heterocycles. The number of carbonyl (C=O) groups excluding carboxylic acids is 2. The molecule has 0 aliphatic heterocycles. The molecule has 2 amide bonds. The second kappa shape index (κ2) is 9.93. The normalized spacial score (nSPS) is 14.4. The molecule has 0 unspecified atom stereocenters. The molecular formula is C21H25Cl2N5O2. The predicted molar refractivity (Wildman–Crippen MR) is 123 cm³/mol. The summed E-state index contributed by atoms with van der Waals surface area (Å²) in [6, 6.07) is 12.2. The van der Waals surface area contributed by atoms with Gasteiger partial charge in [0.25, 0.3) is 11.8 Å². The molecular weight excluding hydrogens is 425 g/mol. The van der Waals surface area contributed by atoms with Crippen molar-refractivity contribution in [3.63, 3.8) is 0 Å². The van der Waals surface area contributed by atoms with Crippen LogP contribution >= 0.6 is 24.8 Å². The summed E-state index contributed by atoms with van der Waals surface area (Å²) < 4.78 is 0. The fourth-order valence-electron chi connectivity index (χ4n) is 3.76. The third-order valence-corrected chi connectivity index (χ3v) is 5.40. The number of anilines is 1. The van der Waals surface area contributed by atoms with Crippen LogP contribution in [0.15, 0.2) is 48.8 Å². The van der Waals surface area contributed by atoms with E-state index in [1.165, 1.54) is 0 Å². The van der Waals surface area contributed by atoms with E-state index in [9.17, 15) is 9.59 Å². The first-order chi connectivity index (χ1) is 13.6. The number of nitrogens with two attached hydrogens (primary N) is 1. The number of hydrogen-bond donors (Lipinski definition) is 4. The van der Waals surface area contributed by atoms with Gasteiger partial charge >= 0.3 is 0 Å². The zero-order chi connectivity index (χ0) is 19.6. The standard InChI is InChI=1S/C21H23N5O2.2ClH/c22-12-21(8-1-2-9-21)26-20(28)14-4-3-5-16(10-14)25-19(27)15-6-7-17-18(11-15)24-13-23-17;;/h3-7,10-11,13H,1-2,8-9,12,22H2,(H,23,24)(H,25,27)(H,26,28);2*1H. The average molecular weight is 450 g/mol. The number of nitrogens with zero attached hydrogens (tertiary/aromatic N) is 1. The topological polar surface area (TPSA) is 113 Å². The predicted octanol–water partition coefficient (Wildman–Crippen LogP) is 3.66. The van der Waals surface area contributed by atoms with Crippen molar-refractivity contribution < 1.29 is 9.59 Å². The van der Waals surface area contributed by atoms with Gasteiger partial charge in [0.15, 0.2) is 0 Å². The molecule has 1 aliphatic carbocycles. The first-order valence-electron chi connectivity index (χ1n) is 9.46. The molecule has 0 radical (unpaired) electrons. The molecule has 5 N–H and O–H groups in total. The van der Waals surface area contributed by atoms with Gasteiger partial charge in [-0.25, -0.2) is 4.98 Å². The summed E-state index contributed by atoms with van der Waals surface area (Å²) in [5.41, 5.74) is 8.78. The number of imidazole rings is 1. The molecule has 1 aliphatic rings. The number of rotatable bonds is 5. The van der Waals surface area contributed by atoms with Gasteiger partial charge in [0.05, 0.1) is 22.9 Å². The summed E-state index contributed by atoms with van der Waals surface area (Å²) in [5, 5.41) is 5.95. The van der Waals surface area contributed by atoms with E-state index in [0.717, 1.165) is 36.7 Å². The molecule has 0 atom stereocenters. The first kappa shape index (κ1) is 23.7. The molecule has 0 bridgehead atoms. The highest BCUT2D eigenvalue weighted by Gasteiger charge is 2.34. The number of nitrogens with one attached hydrogen (secondary N) is 3. The Bertz CT molecular complexity index is 1030. The van der Waals surface area contributed by atoms with Gasteiger partial charge in [-0.05, 0) is 49.2 Å². The van der Waals surface area contributed by atoms with Crippen LogP contribution in [0.5, 0.6) is 0 Å². The monoisotopic (exact) mass is 449 g/mol. The molecule has 7 nitrogen and oxygen atoms in total. The highest BCUT2D eigenvalue weighted by atomic mass is 35.5. The van der Waals surface area contributed by atoms with Gasteiger partial charge in [0, 0.05) is 23.4 Å². The minimum Gasteiger partial charge on any atom is -0.345 e. The van der Waals surface area contributed by atoms with Crippen LogP contribution in [0.3, 0.4) is 0 Å². The summed E-state index contributed by atoms with van der Waals surface area (Å²) in [5.74, 6) is -0.411. The second-order valence-electron chi connectivity index (χ2n) is 7.32. The molecule has 2 aromatic carbocycles. The summed E-state index contributed by atoms with van der Waals surface area (Å²) in [6.07, 6.45) is 5.55. The van der Waals surface area contributed by atoms with Crippen molar-refractivity contribution in [1.29, 1.82) is 0 Å². The number of carbonyl (C=O) groups is 2. The average Bonchev–Trinajstić information content (AvgIpc) is 3.37. The number of aromatic nitrogens is 2. The van der Waals surface area contributed by atoms with Gasteiger partial charge < -0.3 is 21.4 Å². The Labute approximate surface area is 187 Å². The SMILES string of the molecule is Cl.Cl.NCC1(NC(=O)c2cccc(NC(=O)c3ccc4nc[nH]c4c3)c2)CCCC1. The molecule has 3 aromatic rings. The lowest BCUT2D eigenvalue weighted by Crippen LogP contribution is -2.51. The number of fused-ring (bicyclic) bond motifs is 1. The molecule has 0 saturated heterocycles. The van der Waals surface area contributed by atoms with Crippen LogP contribution < -0.4 is 16.4 Å². The van der Waals surface area contributed by atoms with E-state index >= 15 is 0 Å². The Kier molecular flexibility index (Phi) is 7.83. The van der Waals surface area contributed by atoms with Crippen LogP contribution in [0.25, 0.3) is 11.0 Å². The van der Waals surface area contributed by atoms with Crippen molar-refractivity contribution in [1.82, 2.24) is 15.3 Å². The maximum absolute atomic E-state index is 12.7. The Morgan fingerprint density at radius 1 is 1.03 bits per heavy atom. The lowest BCUT2D eigenvalue weighted by molar-refractivity contribution is 0.0902.